The minimum atomic E-state index is -0.433. The Morgan fingerprint density at radius 1 is 1.50 bits per heavy atom. The third-order valence-corrected chi connectivity index (χ3v) is 2.19. The van der Waals surface area contributed by atoms with Crippen LogP contribution in [0.3, 0.4) is 0 Å². The van der Waals surface area contributed by atoms with Crippen LogP contribution in [-0.4, -0.2) is 25.0 Å². The van der Waals surface area contributed by atoms with E-state index in [-0.39, 0.29) is 11.5 Å². The van der Waals surface area contributed by atoms with Gasteiger partial charge in [0.05, 0.1) is 5.56 Å². The number of hydrazine groups is 1. The topological polar surface area (TPSA) is 32.3 Å². The highest BCUT2D eigenvalue weighted by molar-refractivity contribution is 9.10. The molecule has 0 aliphatic heterocycles. The molecule has 0 aliphatic rings. The fourth-order valence-corrected chi connectivity index (χ4v) is 1.36. The van der Waals surface area contributed by atoms with Crippen molar-refractivity contribution in [3.8, 4) is 0 Å². The second-order valence-electron chi connectivity index (χ2n) is 2.96. The van der Waals surface area contributed by atoms with E-state index >= 15 is 0 Å². The molecule has 5 heteroatoms. The summed E-state index contributed by atoms with van der Waals surface area (Å²) in [6.45, 7) is 0. The highest BCUT2D eigenvalue weighted by Crippen LogP contribution is 2.17. The first-order valence-electron chi connectivity index (χ1n) is 3.94. The summed E-state index contributed by atoms with van der Waals surface area (Å²) in [5, 5.41) is 1.50. The van der Waals surface area contributed by atoms with E-state index < -0.39 is 5.82 Å². The molecule has 0 atom stereocenters. The lowest BCUT2D eigenvalue weighted by Gasteiger charge is -2.12. The van der Waals surface area contributed by atoms with Crippen LogP contribution < -0.4 is 5.43 Å². The van der Waals surface area contributed by atoms with Crippen LogP contribution >= 0.6 is 15.9 Å². The van der Waals surface area contributed by atoms with Crippen molar-refractivity contribution in [2.24, 2.45) is 0 Å². The minimum Gasteiger partial charge on any atom is -0.285 e. The molecule has 0 radical (unpaired) electrons. The number of nitrogens with zero attached hydrogens (tertiary/aromatic N) is 1. The molecule has 1 rings (SSSR count). The Kier molecular flexibility index (Phi) is 3.60. The number of carbonyl (C=O) groups excluding carboxylic acids is 1. The Balaban J connectivity index is 2.94. The largest absolute Gasteiger partial charge is 0.285 e. The molecule has 1 aromatic rings. The molecule has 0 saturated carbocycles. The predicted octanol–water partition coefficient (Wildman–Crippen LogP) is 1.79. The molecule has 0 fully saturated rings. The molecule has 3 nitrogen and oxygen atoms in total. The molecule has 0 spiro atoms. The first-order chi connectivity index (χ1) is 6.50. The van der Waals surface area contributed by atoms with Gasteiger partial charge >= 0.3 is 0 Å². The van der Waals surface area contributed by atoms with Gasteiger partial charge < -0.3 is 0 Å². The molecule has 0 aliphatic carbocycles. The minimum absolute atomic E-state index is 0.277. The average molecular weight is 261 g/mol. The molecule has 1 amide bonds. The Morgan fingerprint density at radius 2 is 2.14 bits per heavy atom. The van der Waals surface area contributed by atoms with E-state index in [1.807, 2.05) is 0 Å². The Morgan fingerprint density at radius 3 is 2.71 bits per heavy atom. The summed E-state index contributed by atoms with van der Waals surface area (Å²) >= 11 is 3.17. The SMILES string of the molecule is CN(C)NC(=O)c1cc(F)ccc1Br. The van der Waals surface area contributed by atoms with Crippen molar-refractivity contribution in [3.63, 3.8) is 0 Å². The van der Waals surface area contributed by atoms with Crippen LogP contribution in [0, 0.1) is 5.82 Å². The molecular weight excluding hydrogens is 251 g/mol. The molecular formula is C9H10BrFN2O. The molecule has 0 saturated heterocycles. The Labute approximate surface area is 90.0 Å². The predicted molar refractivity (Wildman–Crippen MR) is 55.3 cm³/mol. The van der Waals surface area contributed by atoms with Crippen molar-refractivity contribution in [1.29, 1.82) is 0 Å². The highest BCUT2D eigenvalue weighted by atomic mass is 79.9. The van der Waals surface area contributed by atoms with E-state index in [2.05, 4.69) is 21.4 Å². The maximum Gasteiger partial charge on any atom is 0.266 e. The fraction of sp³-hybridized carbons (Fsp3) is 0.222. The number of carbonyl (C=O) groups is 1. The number of benzene rings is 1. The van der Waals surface area contributed by atoms with Crippen LogP contribution in [0.5, 0.6) is 0 Å². The number of amides is 1. The van der Waals surface area contributed by atoms with Gasteiger partial charge in [0, 0.05) is 18.6 Å². The third kappa shape index (κ3) is 2.78. The van der Waals surface area contributed by atoms with Crippen LogP contribution in [0.15, 0.2) is 22.7 Å². The lowest BCUT2D eigenvalue weighted by atomic mass is 10.2. The van der Waals surface area contributed by atoms with Crippen LogP contribution in [0.4, 0.5) is 4.39 Å². The monoisotopic (exact) mass is 260 g/mol. The van der Waals surface area contributed by atoms with Crippen molar-refractivity contribution in [2.45, 2.75) is 0 Å². The molecule has 76 valence electrons. The number of hydrogen-bond acceptors (Lipinski definition) is 2. The lowest BCUT2D eigenvalue weighted by molar-refractivity contribution is 0.0855. The van der Waals surface area contributed by atoms with Crippen LogP contribution in [0.25, 0.3) is 0 Å². The van der Waals surface area contributed by atoms with Crippen LogP contribution in [0.2, 0.25) is 0 Å². The normalized spacial score (nSPS) is 10.4. The molecule has 1 N–H and O–H groups in total. The standard InChI is InChI=1S/C9H10BrFN2O/c1-13(2)12-9(14)7-5-6(11)3-4-8(7)10/h3-5H,1-2H3,(H,12,14). The van der Waals surface area contributed by atoms with Gasteiger partial charge in [-0.2, -0.15) is 0 Å². The smallest absolute Gasteiger partial charge is 0.266 e. The molecule has 0 bridgehead atoms. The molecule has 0 unspecified atom stereocenters. The summed E-state index contributed by atoms with van der Waals surface area (Å²) < 4.78 is 13.4. The Bertz CT molecular complexity index is 355. The van der Waals surface area contributed by atoms with Gasteiger partial charge in [0.15, 0.2) is 0 Å². The third-order valence-electron chi connectivity index (χ3n) is 1.50. The van der Waals surface area contributed by atoms with Gasteiger partial charge in [-0.05, 0) is 34.1 Å². The molecule has 14 heavy (non-hydrogen) atoms. The van der Waals surface area contributed by atoms with Gasteiger partial charge in [-0.25, -0.2) is 9.40 Å². The second kappa shape index (κ2) is 4.52. The Hall–Kier alpha value is -0.940. The summed E-state index contributed by atoms with van der Waals surface area (Å²) in [7, 11) is 3.37. The van der Waals surface area contributed by atoms with Gasteiger partial charge in [0.25, 0.3) is 5.91 Å². The number of hydrogen-bond donors (Lipinski definition) is 1. The summed E-state index contributed by atoms with van der Waals surface area (Å²) in [4.78, 5) is 11.5. The van der Waals surface area contributed by atoms with Gasteiger partial charge in [0.2, 0.25) is 0 Å². The number of rotatable bonds is 2. The van der Waals surface area contributed by atoms with Crippen LogP contribution in [0.1, 0.15) is 10.4 Å². The van der Waals surface area contributed by atoms with Gasteiger partial charge in [-0.3, -0.25) is 10.2 Å². The summed E-state index contributed by atoms with van der Waals surface area (Å²) in [5.74, 6) is -0.779. The van der Waals surface area contributed by atoms with Crippen molar-refractivity contribution in [1.82, 2.24) is 10.4 Å². The average Bonchev–Trinajstić information content (AvgIpc) is 2.08. The van der Waals surface area contributed by atoms with E-state index in [4.69, 9.17) is 0 Å². The zero-order chi connectivity index (χ0) is 10.7. The van der Waals surface area contributed by atoms with Crippen molar-refractivity contribution in [2.75, 3.05) is 14.1 Å². The molecule has 1 aromatic carbocycles. The quantitative estimate of drug-likeness (QED) is 0.823. The van der Waals surface area contributed by atoms with E-state index in [9.17, 15) is 9.18 Å². The summed E-state index contributed by atoms with van der Waals surface area (Å²) in [5.41, 5.74) is 2.80. The van der Waals surface area contributed by atoms with E-state index in [0.29, 0.717) is 4.47 Å². The second-order valence-corrected chi connectivity index (χ2v) is 3.81. The maximum absolute atomic E-state index is 12.8. The fourth-order valence-electron chi connectivity index (χ4n) is 0.935. The van der Waals surface area contributed by atoms with Crippen molar-refractivity contribution < 1.29 is 9.18 Å². The lowest BCUT2D eigenvalue weighted by Crippen LogP contribution is -2.36. The summed E-state index contributed by atoms with van der Waals surface area (Å²) in [6.07, 6.45) is 0. The number of halogens is 2. The molecule has 0 heterocycles. The molecule has 0 aromatic heterocycles. The van der Waals surface area contributed by atoms with Gasteiger partial charge in [-0.15, -0.1) is 0 Å². The zero-order valence-electron chi connectivity index (χ0n) is 7.84. The van der Waals surface area contributed by atoms with E-state index in [1.54, 1.807) is 14.1 Å². The first kappa shape index (κ1) is 11.1. The van der Waals surface area contributed by atoms with Gasteiger partial charge in [-0.1, -0.05) is 0 Å². The highest BCUT2D eigenvalue weighted by Gasteiger charge is 2.11. The summed E-state index contributed by atoms with van der Waals surface area (Å²) in [6, 6.07) is 3.97. The van der Waals surface area contributed by atoms with E-state index in [1.165, 1.54) is 23.2 Å². The van der Waals surface area contributed by atoms with Crippen molar-refractivity contribution in [3.05, 3.63) is 34.1 Å². The van der Waals surface area contributed by atoms with Crippen molar-refractivity contribution >= 4 is 21.8 Å². The number of nitrogens with one attached hydrogen (secondary N) is 1. The maximum atomic E-state index is 12.8. The van der Waals surface area contributed by atoms with E-state index in [0.717, 1.165) is 0 Å². The van der Waals surface area contributed by atoms with Crippen LogP contribution in [-0.2, 0) is 0 Å². The first-order valence-corrected chi connectivity index (χ1v) is 4.73. The van der Waals surface area contributed by atoms with Gasteiger partial charge in [0.1, 0.15) is 5.82 Å². The zero-order valence-corrected chi connectivity index (χ0v) is 9.43.